The lowest BCUT2D eigenvalue weighted by molar-refractivity contribution is -0.0419. The summed E-state index contributed by atoms with van der Waals surface area (Å²) in [6.45, 7) is 7.18. The Balaban J connectivity index is 2.18. The van der Waals surface area contributed by atoms with Gasteiger partial charge in [-0.1, -0.05) is 19.8 Å². The summed E-state index contributed by atoms with van der Waals surface area (Å²) in [4.78, 5) is 0. The van der Waals surface area contributed by atoms with E-state index >= 15 is 0 Å². The van der Waals surface area contributed by atoms with E-state index in [4.69, 9.17) is 0 Å². The Morgan fingerprint density at radius 3 is 2.94 bits per heavy atom. The average molecular weight is 236 g/mol. The molecule has 0 amide bonds. The molecule has 0 aromatic carbocycles. The van der Waals surface area contributed by atoms with Gasteiger partial charge in [0.05, 0.1) is 11.3 Å². The molecule has 1 fully saturated rings. The lowest BCUT2D eigenvalue weighted by atomic mass is 9.74. The molecule has 96 valence electrons. The topological polar surface area (TPSA) is 38.0 Å². The van der Waals surface area contributed by atoms with Crippen LogP contribution in [0.5, 0.6) is 0 Å². The second-order valence-corrected chi connectivity index (χ2v) is 5.52. The van der Waals surface area contributed by atoms with Crippen LogP contribution in [-0.4, -0.2) is 20.5 Å². The smallest absolute Gasteiger partial charge is 0.0728 e. The van der Waals surface area contributed by atoms with Crippen molar-refractivity contribution in [1.29, 1.82) is 0 Å². The first-order valence-electron chi connectivity index (χ1n) is 6.81. The van der Waals surface area contributed by atoms with Crippen molar-refractivity contribution in [3.63, 3.8) is 0 Å². The molecule has 0 bridgehead atoms. The largest absolute Gasteiger partial charge is 0.389 e. The van der Waals surface area contributed by atoms with Crippen LogP contribution in [0.3, 0.4) is 0 Å². The van der Waals surface area contributed by atoms with E-state index in [9.17, 15) is 5.11 Å². The summed E-state index contributed by atoms with van der Waals surface area (Å²) >= 11 is 0. The lowest BCUT2D eigenvalue weighted by Crippen LogP contribution is -2.41. The van der Waals surface area contributed by atoms with Crippen molar-refractivity contribution in [3.8, 4) is 0 Å². The van der Waals surface area contributed by atoms with Gasteiger partial charge in [0, 0.05) is 18.7 Å². The molecule has 1 aliphatic rings. The number of aryl methyl sites for hydroxylation is 2. The summed E-state index contributed by atoms with van der Waals surface area (Å²) in [6, 6.07) is 2.11. The number of aromatic nitrogens is 2. The molecule has 2 atom stereocenters. The molecule has 1 aliphatic carbocycles. The predicted molar refractivity (Wildman–Crippen MR) is 68.9 cm³/mol. The first-order valence-corrected chi connectivity index (χ1v) is 6.81. The quantitative estimate of drug-likeness (QED) is 0.876. The van der Waals surface area contributed by atoms with E-state index in [1.54, 1.807) is 0 Å². The molecule has 17 heavy (non-hydrogen) atoms. The Labute approximate surface area is 104 Å². The molecule has 3 nitrogen and oxygen atoms in total. The van der Waals surface area contributed by atoms with Crippen LogP contribution in [-0.2, 0) is 13.0 Å². The van der Waals surface area contributed by atoms with Gasteiger partial charge in [-0.2, -0.15) is 5.10 Å². The van der Waals surface area contributed by atoms with Gasteiger partial charge in [0.25, 0.3) is 0 Å². The van der Waals surface area contributed by atoms with E-state index < -0.39 is 5.60 Å². The van der Waals surface area contributed by atoms with Crippen LogP contribution in [0.1, 0.15) is 50.9 Å². The minimum Gasteiger partial charge on any atom is -0.389 e. The highest BCUT2D eigenvalue weighted by Gasteiger charge is 2.36. The number of nitrogens with zero attached hydrogens (tertiary/aromatic N) is 2. The van der Waals surface area contributed by atoms with Crippen molar-refractivity contribution in [2.75, 3.05) is 0 Å². The molecule has 3 heteroatoms. The second kappa shape index (κ2) is 4.81. The Morgan fingerprint density at radius 1 is 1.53 bits per heavy atom. The minimum absolute atomic E-state index is 0.400. The fourth-order valence-corrected chi connectivity index (χ4v) is 2.99. The molecule has 0 saturated heterocycles. The highest BCUT2D eigenvalue weighted by molar-refractivity contribution is 5.12. The SMILES string of the molecule is CCn1nc(C)cc1CC1(O)CCCCC1C. The third-order valence-corrected chi connectivity index (χ3v) is 4.19. The van der Waals surface area contributed by atoms with Crippen LogP contribution < -0.4 is 0 Å². The highest BCUT2D eigenvalue weighted by Crippen LogP contribution is 2.36. The third kappa shape index (κ3) is 2.54. The molecular weight excluding hydrogens is 212 g/mol. The van der Waals surface area contributed by atoms with Gasteiger partial charge < -0.3 is 5.11 Å². The van der Waals surface area contributed by atoms with Gasteiger partial charge in [0.15, 0.2) is 0 Å². The molecule has 0 aliphatic heterocycles. The number of aliphatic hydroxyl groups is 1. The van der Waals surface area contributed by atoms with E-state index in [0.717, 1.165) is 37.9 Å². The zero-order valence-corrected chi connectivity index (χ0v) is 11.2. The number of hydrogen-bond acceptors (Lipinski definition) is 2. The maximum atomic E-state index is 10.8. The van der Waals surface area contributed by atoms with Gasteiger partial charge in [-0.15, -0.1) is 0 Å². The van der Waals surface area contributed by atoms with Gasteiger partial charge in [0.2, 0.25) is 0 Å². The van der Waals surface area contributed by atoms with Crippen LogP contribution in [0, 0.1) is 12.8 Å². The molecule has 1 aromatic rings. The summed E-state index contributed by atoms with van der Waals surface area (Å²) < 4.78 is 2.02. The van der Waals surface area contributed by atoms with Crippen LogP contribution in [0.15, 0.2) is 6.07 Å². The molecule has 2 unspecified atom stereocenters. The normalized spacial score (nSPS) is 29.5. The molecule has 1 heterocycles. The predicted octanol–water partition coefficient (Wildman–Crippen LogP) is 2.70. The summed E-state index contributed by atoms with van der Waals surface area (Å²) in [7, 11) is 0. The van der Waals surface area contributed by atoms with Crippen molar-refractivity contribution in [3.05, 3.63) is 17.5 Å². The van der Waals surface area contributed by atoms with Crippen LogP contribution >= 0.6 is 0 Å². The maximum Gasteiger partial charge on any atom is 0.0728 e. The van der Waals surface area contributed by atoms with Gasteiger partial charge in [-0.25, -0.2) is 0 Å². The summed E-state index contributed by atoms with van der Waals surface area (Å²) in [5, 5.41) is 15.2. The maximum absolute atomic E-state index is 10.8. The number of hydrogen-bond donors (Lipinski definition) is 1. The van der Waals surface area contributed by atoms with Crippen molar-refractivity contribution in [1.82, 2.24) is 9.78 Å². The average Bonchev–Trinajstić information content (AvgIpc) is 2.63. The molecule has 1 N–H and O–H groups in total. The van der Waals surface area contributed by atoms with E-state index in [0.29, 0.717) is 5.92 Å². The summed E-state index contributed by atoms with van der Waals surface area (Å²) in [5.74, 6) is 0.400. The van der Waals surface area contributed by atoms with Crippen LogP contribution in [0.4, 0.5) is 0 Å². The van der Waals surface area contributed by atoms with Crippen LogP contribution in [0.2, 0.25) is 0 Å². The molecule has 1 saturated carbocycles. The van der Waals surface area contributed by atoms with Gasteiger partial charge in [-0.3, -0.25) is 4.68 Å². The first-order chi connectivity index (χ1) is 8.05. The van der Waals surface area contributed by atoms with E-state index in [2.05, 4.69) is 25.0 Å². The Hall–Kier alpha value is -0.830. The van der Waals surface area contributed by atoms with Gasteiger partial charge in [-0.05, 0) is 38.7 Å². The second-order valence-electron chi connectivity index (χ2n) is 5.52. The minimum atomic E-state index is -0.516. The van der Waals surface area contributed by atoms with Gasteiger partial charge in [0.1, 0.15) is 0 Å². The van der Waals surface area contributed by atoms with Crippen molar-refractivity contribution in [2.45, 2.75) is 65.0 Å². The fourth-order valence-electron chi connectivity index (χ4n) is 2.99. The monoisotopic (exact) mass is 236 g/mol. The summed E-state index contributed by atoms with van der Waals surface area (Å²) in [6.07, 6.45) is 5.25. The molecule has 1 aromatic heterocycles. The Kier molecular flexibility index (Phi) is 3.57. The highest BCUT2D eigenvalue weighted by atomic mass is 16.3. The standard InChI is InChI=1S/C14H24N2O/c1-4-16-13(9-12(3)15-16)10-14(17)8-6-5-7-11(14)2/h9,11,17H,4-8,10H2,1-3H3. The van der Waals surface area contributed by atoms with Crippen molar-refractivity contribution < 1.29 is 5.11 Å². The fraction of sp³-hybridized carbons (Fsp3) is 0.786. The third-order valence-electron chi connectivity index (χ3n) is 4.19. The number of rotatable bonds is 3. The molecule has 0 spiro atoms. The molecule has 0 radical (unpaired) electrons. The molecule has 2 rings (SSSR count). The summed E-state index contributed by atoms with van der Waals surface area (Å²) in [5.41, 5.74) is 1.72. The van der Waals surface area contributed by atoms with Gasteiger partial charge >= 0.3 is 0 Å². The Bertz CT molecular complexity index is 386. The van der Waals surface area contributed by atoms with Crippen LogP contribution in [0.25, 0.3) is 0 Å². The molecular formula is C14H24N2O. The van der Waals surface area contributed by atoms with E-state index in [1.807, 2.05) is 11.6 Å². The first kappa shape index (κ1) is 12.6. The Morgan fingerprint density at radius 2 is 2.29 bits per heavy atom. The zero-order valence-electron chi connectivity index (χ0n) is 11.2. The van der Waals surface area contributed by atoms with E-state index in [-0.39, 0.29) is 0 Å². The van der Waals surface area contributed by atoms with Crippen molar-refractivity contribution >= 4 is 0 Å². The van der Waals surface area contributed by atoms with Crippen molar-refractivity contribution in [2.24, 2.45) is 5.92 Å². The van der Waals surface area contributed by atoms with E-state index in [1.165, 1.54) is 12.1 Å². The lowest BCUT2D eigenvalue weighted by Gasteiger charge is -2.38. The zero-order chi connectivity index (χ0) is 12.5.